The summed E-state index contributed by atoms with van der Waals surface area (Å²) in [7, 11) is 0. The number of aliphatic hydroxyl groups excluding tert-OH is 1. The highest BCUT2D eigenvalue weighted by Crippen LogP contribution is 2.30. The van der Waals surface area contributed by atoms with Gasteiger partial charge in [0.2, 0.25) is 0 Å². The molecule has 32 heavy (non-hydrogen) atoms. The predicted molar refractivity (Wildman–Crippen MR) is 127 cm³/mol. The molecule has 0 bridgehead atoms. The average Bonchev–Trinajstić information content (AvgIpc) is 2.76. The molecule has 0 aromatic rings. The molecule has 3 fully saturated rings. The van der Waals surface area contributed by atoms with Gasteiger partial charge in [-0.05, 0) is 44.4 Å². The van der Waals surface area contributed by atoms with Crippen LogP contribution in [0.5, 0.6) is 0 Å². The van der Waals surface area contributed by atoms with Crippen LogP contribution in [0.15, 0.2) is 0 Å². The third kappa shape index (κ3) is 7.56. The maximum Gasteiger partial charge on any atom is 0.114 e. The molecule has 2 aliphatic heterocycles. The number of hydrogen-bond donors (Lipinski definition) is 7. The highest BCUT2D eigenvalue weighted by Gasteiger charge is 2.38. The Morgan fingerprint density at radius 2 is 1.88 bits per heavy atom. The highest BCUT2D eigenvalue weighted by molar-refractivity contribution is 4.93. The van der Waals surface area contributed by atoms with Gasteiger partial charge in [-0.3, -0.25) is 26.2 Å². The highest BCUT2D eigenvalue weighted by atomic mass is 19.1. The van der Waals surface area contributed by atoms with E-state index in [-0.39, 0.29) is 31.4 Å². The first-order valence-electron chi connectivity index (χ1n) is 13.0. The van der Waals surface area contributed by atoms with Gasteiger partial charge in [-0.15, -0.1) is 0 Å². The molecular weight excluding hydrogens is 409 g/mol. The van der Waals surface area contributed by atoms with Crippen molar-refractivity contribution in [2.75, 3.05) is 32.8 Å². The summed E-state index contributed by atoms with van der Waals surface area (Å²) in [5.74, 6) is 0.928. The molecule has 3 aliphatic rings. The van der Waals surface area contributed by atoms with E-state index in [0.29, 0.717) is 37.3 Å². The SMILES string of the molecule is CCCC(NC1NC(NC(CC)NCCN)CC(N2CC(CO)C2)N1)C1CCC(F)CC1. The zero-order valence-electron chi connectivity index (χ0n) is 20.2. The molecular formula is C23H48FN7O. The minimum absolute atomic E-state index is 0.00825. The zero-order valence-corrected chi connectivity index (χ0v) is 20.2. The predicted octanol–water partition coefficient (Wildman–Crippen LogP) is 0.590. The fourth-order valence-electron chi connectivity index (χ4n) is 5.53. The second-order valence-electron chi connectivity index (χ2n) is 10.0. The lowest BCUT2D eigenvalue weighted by Gasteiger charge is -2.50. The van der Waals surface area contributed by atoms with E-state index in [2.05, 4.69) is 45.3 Å². The molecule has 1 saturated carbocycles. The van der Waals surface area contributed by atoms with Gasteiger partial charge in [0, 0.05) is 51.2 Å². The van der Waals surface area contributed by atoms with Crippen molar-refractivity contribution in [2.24, 2.45) is 17.6 Å². The number of aliphatic hydroxyl groups is 1. The Bertz CT molecular complexity index is 517. The minimum atomic E-state index is -0.615. The second-order valence-corrected chi connectivity index (χ2v) is 10.0. The quantitative estimate of drug-likeness (QED) is 0.201. The number of halogens is 1. The van der Waals surface area contributed by atoms with Crippen LogP contribution in [0.25, 0.3) is 0 Å². The standard InChI is InChI=1S/C23H48FN7O/c1-3-5-19(17-6-8-18(24)9-7-17)27-23-29-21(28-20(4-2)26-11-10-25)12-22(30-23)31-13-16(14-31)15-32/h16-23,26-30,32H,3-15,25H2,1-2H3. The molecule has 2 heterocycles. The molecule has 0 amide bonds. The van der Waals surface area contributed by atoms with Crippen LogP contribution in [0.4, 0.5) is 4.39 Å². The third-order valence-electron chi connectivity index (χ3n) is 7.47. The number of nitrogens with zero attached hydrogens (tertiary/aromatic N) is 1. The van der Waals surface area contributed by atoms with Crippen molar-refractivity contribution < 1.29 is 9.50 Å². The fourth-order valence-corrected chi connectivity index (χ4v) is 5.53. The summed E-state index contributed by atoms with van der Waals surface area (Å²) in [5, 5.41) is 28.0. The normalized spacial score (nSPS) is 34.2. The third-order valence-corrected chi connectivity index (χ3v) is 7.47. The van der Waals surface area contributed by atoms with Crippen LogP contribution in [0.1, 0.15) is 65.2 Å². The van der Waals surface area contributed by atoms with E-state index in [0.717, 1.165) is 58.2 Å². The molecule has 0 aromatic carbocycles. The van der Waals surface area contributed by atoms with Crippen LogP contribution >= 0.6 is 0 Å². The largest absolute Gasteiger partial charge is 0.396 e. The molecule has 5 atom stereocenters. The summed E-state index contributed by atoms with van der Waals surface area (Å²) < 4.78 is 13.7. The van der Waals surface area contributed by atoms with E-state index >= 15 is 0 Å². The number of nitrogens with two attached hydrogens (primary N) is 1. The van der Waals surface area contributed by atoms with Gasteiger partial charge in [-0.2, -0.15) is 0 Å². The van der Waals surface area contributed by atoms with Gasteiger partial charge >= 0.3 is 0 Å². The number of likely N-dealkylation sites (tertiary alicyclic amines) is 1. The summed E-state index contributed by atoms with van der Waals surface area (Å²) in [6.07, 6.45) is 7.51. The molecule has 9 heteroatoms. The van der Waals surface area contributed by atoms with Gasteiger partial charge in [0.05, 0.1) is 18.5 Å². The van der Waals surface area contributed by atoms with Crippen molar-refractivity contribution in [3.05, 3.63) is 0 Å². The van der Waals surface area contributed by atoms with Crippen LogP contribution in [-0.4, -0.2) is 79.8 Å². The molecule has 8 N–H and O–H groups in total. The van der Waals surface area contributed by atoms with Gasteiger partial charge in [-0.1, -0.05) is 20.3 Å². The Kier molecular flexibility index (Phi) is 11.0. The minimum Gasteiger partial charge on any atom is -0.396 e. The number of rotatable bonds is 13. The van der Waals surface area contributed by atoms with E-state index in [4.69, 9.17) is 5.73 Å². The summed E-state index contributed by atoms with van der Waals surface area (Å²) in [6, 6.07) is 0.385. The average molecular weight is 458 g/mol. The van der Waals surface area contributed by atoms with Gasteiger partial charge < -0.3 is 16.2 Å². The molecule has 5 unspecified atom stereocenters. The smallest absolute Gasteiger partial charge is 0.114 e. The molecule has 0 radical (unpaired) electrons. The maximum atomic E-state index is 13.7. The van der Waals surface area contributed by atoms with E-state index in [1.807, 2.05) is 0 Å². The van der Waals surface area contributed by atoms with Crippen LogP contribution < -0.4 is 32.3 Å². The Morgan fingerprint density at radius 1 is 1.12 bits per heavy atom. The monoisotopic (exact) mass is 457 g/mol. The first-order valence-corrected chi connectivity index (χ1v) is 13.0. The van der Waals surface area contributed by atoms with E-state index in [1.165, 1.54) is 0 Å². The summed E-state index contributed by atoms with van der Waals surface area (Å²) in [4.78, 5) is 2.43. The Balaban J connectivity index is 1.62. The lowest BCUT2D eigenvalue weighted by molar-refractivity contribution is -0.0271. The Morgan fingerprint density at radius 3 is 2.50 bits per heavy atom. The first kappa shape index (κ1) is 26.2. The number of nitrogens with one attached hydrogen (secondary N) is 5. The van der Waals surface area contributed by atoms with E-state index < -0.39 is 6.17 Å². The Hall–Kier alpha value is -0.390. The fraction of sp³-hybridized carbons (Fsp3) is 1.00. The van der Waals surface area contributed by atoms with Gasteiger partial charge in [0.1, 0.15) is 12.5 Å². The van der Waals surface area contributed by atoms with Crippen molar-refractivity contribution in [2.45, 2.75) is 102 Å². The van der Waals surface area contributed by atoms with Crippen molar-refractivity contribution in [3.8, 4) is 0 Å². The molecule has 0 aromatic heterocycles. The van der Waals surface area contributed by atoms with Crippen LogP contribution in [-0.2, 0) is 0 Å². The molecule has 188 valence electrons. The Labute approximate surface area is 194 Å². The van der Waals surface area contributed by atoms with Crippen molar-refractivity contribution in [3.63, 3.8) is 0 Å². The maximum absolute atomic E-state index is 13.7. The van der Waals surface area contributed by atoms with Gasteiger partial charge in [-0.25, -0.2) is 4.39 Å². The van der Waals surface area contributed by atoms with Gasteiger partial charge in [0.15, 0.2) is 0 Å². The number of hydrogen-bond acceptors (Lipinski definition) is 8. The van der Waals surface area contributed by atoms with E-state index in [9.17, 15) is 9.50 Å². The molecule has 3 rings (SSSR count). The first-order chi connectivity index (χ1) is 15.6. The molecule has 0 spiro atoms. The lowest BCUT2D eigenvalue weighted by Crippen LogP contribution is -2.74. The van der Waals surface area contributed by atoms with Crippen LogP contribution in [0, 0.1) is 11.8 Å². The lowest BCUT2D eigenvalue weighted by atomic mass is 9.81. The van der Waals surface area contributed by atoms with Crippen molar-refractivity contribution in [1.82, 2.24) is 31.5 Å². The second kappa shape index (κ2) is 13.5. The van der Waals surface area contributed by atoms with Crippen LogP contribution in [0.3, 0.4) is 0 Å². The van der Waals surface area contributed by atoms with Crippen molar-refractivity contribution >= 4 is 0 Å². The van der Waals surface area contributed by atoms with E-state index in [1.54, 1.807) is 0 Å². The summed E-state index contributed by atoms with van der Waals surface area (Å²) >= 11 is 0. The molecule has 1 aliphatic carbocycles. The topological polar surface area (TPSA) is 110 Å². The van der Waals surface area contributed by atoms with Crippen LogP contribution in [0.2, 0.25) is 0 Å². The molecule has 2 saturated heterocycles. The van der Waals surface area contributed by atoms with Crippen molar-refractivity contribution in [1.29, 1.82) is 0 Å². The molecule has 8 nitrogen and oxygen atoms in total. The zero-order chi connectivity index (χ0) is 22.9. The summed E-state index contributed by atoms with van der Waals surface area (Å²) in [6.45, 7) is 7.97. The van der Waals surface area contributed by atoms with Gasteiger partial charge in [0.25, 0.3) is 0 Å². The summed E-state index contributed by atoms with van der Waals surface area (Å²) in [5.41, 5.74) is 5.69. The number of alkyl halides is 1.